The summed E-state index contributed by atoms with van der Waals surface area (Å²) in [7, 11) is 0. The van der Waals surface area contributed by atoms with Gasteiger partial charge in [0.2, 0.25) is 0 Å². The lowest BCUT2D eigenvalue weighted by Gasteiger charge is -2.33. The van der Waals surface area contributed by atoms with E-state index in [1.165, 1.54) is 37.8 Å². The number of rotatable bonds is 4. The summed E-state index contributed by atoms with van der Waals surface area (Å²) in [6.07, 6.45) is 11.6. The van der Waals surface area contributed by atoms with E-state index in [-0.39, 0.29) is 6.04 Å². The van der Waals surface area contributed by atoms with Crippen molar-refractivity contribution < 1.29 is 0 Å². The fraction of sp³-hybridized carbons (Fsp3) is 0.786. The van der Waals surface area contributed by atoms with Crippen LogP contribution in [0.25, 0.3) is 0 Å². The maximum atomic E-state index is 6.17. The van der Waals surface area contributed by atoms with Gasteiger partial charge in [-0.1, -0.05) is 33.1 Å². The summed E-state index contributed by atoms with van der Waals surface area (Å²) in [6.45, 7) is 4.44. The van der Waals surface area contributed by atoms with Crippen LogP contribution in [0.1, 0.15) is 70.2 Å². The molecule has 1 aliphatic rings. The van der Waals surface area contributed by atoms with Crippen molar-refractivity contribution in [1.82, 2.24) is 9.55 Å². The third kappa shape index (κ3) is 2.54. The highest BCUT2D eigenvalue weighted by Gasteiger charge is 2.27. The second-order valence-electron chi connectivity index (χ2n) is 5.26. The second kappa shape index (κ2) is 5.67. The van der Waals surface area contributed by atoms with Gasteiger partial charge in [-0.3, -0.25) is 0 Å². The van der Waals surface area contributed by atoms with Crippen LogP contribution in [0.3, 0.4) is 0 Å². The van der Waals surface area contributed by atoms with Crippen LogP contribution >= 0.6 is 0 Å². The predicted octanol–water partition coefficient (Wildman–Crippen LogP) is 3.43. The van der Waals surface area contributed by atoms with E-state index in [1.54, 1.807) is 0 Å². The van der Waals surface area contributed by atoms with E-state index in [0.29, 0.717) is 6.04 Å². The lowest BCUT2D eigenvalue weighted by molar-refractivity contribution is 0.226. The van der Waals surface area contributed by atoms with E-state index in [9.17, 15) is 0 Å². The first-order chi connectivity index (χ1) is 8.27. The van der Waals surface area contributed by atoms with Crippen molar-refractivity contribution >= 4 is 0 Å². The molecule has 0 amide bonds. The maximum Gasteiger partial charge on any atom is 0.0951 e. The molecule has 96 valence electrons. The van der Waals surface area contributed by atoms with E-state index in [4.69, 9.17) is 5.73 Å². The Morgan fingerprint density at radius 2 is 2.18 bits per heavy atom. The highest BCUT2D eigenvalue weighted by atomic mass is 15.1. The van der Waals surface area contributed by atoms with Crippen molar-refractivity contribution in [1.29, 1.82) is 0 Å². The molecule has 3 nitrogen and oxygen atoms in total. The zero-order valence-corrected chi connectivity index (χ0v) is 11.1. The molecule has 1 heterocycles. The van der Waals surface area contributed by atoms with E-state index < -0.39 is 0 Å². The number of hydrogen-bond acceptors (Lipinski definition) is 2. The monoisotopic (exact) mass is 235 g/mol. The Morgan fingerprint density at radius 1 is 1.41 bits per heavy atom. The lowest BCUT2D eigenvalue weighted by Crippen LogP contribution is -2.26. The van der Waals surface area contributed by atoms with Crippen LogP contribution in [-0.4, -0.2) is 9.55 Å². The van der Waals surface area contributed by atoms with Crippen LogP contribution in [0.4, 0.5) is 0 Å². The number of hydrogen-bond donors (Lipinski definition) is 1. The normalized spacial score (nSPS) is 27.0. The van der Waals surface area contributed by atoms with Gasteiger partial charge < -0.3 is 10.3 Å². The van der Waals surface area contributed by atoms with Gasteiger partial charge in [0.15, 0.2) is 0 Å². The minimum absolute atomic E-state index is 0.136. The van der Waals surface area contributed by atoms with Crippen molar-refractivity contribution in [2.24, 2.45) is 11.7 Å². The van der Waals surface area contributed by atoms with Gasteiger partial charge in [0, 0.05) is 18.3 Å². The Bertz CT molecular complexity index is 345. The van der Waals surface area contributed by atoms with Gasteiger partial charge >= 0.3 is 0 Å². The third-order valence-corrected chi connectivity index (χ3v) is 4.27. The molecule has 0 radical (unpaired) electrons. The Balaban J connectivity index is 2.22. The van der Waals surface area contributed by atoms with Crippen LogP contribution in [0.5, 0.6) is 0 Å². The summed E-state index contributed by atoms with van der Waals surface area (Å²) in [5, 5.41) is 0. The molecule has 2 N–H and O–H groups in total. The Kier molecular flexibility index (Phi) is 4.21. The van der Waals surface area contributed by atoms with Crippen LogP contribution in [0, 0.1) is 5.92 Å². The molecular formula is C14H25N3. The maximum absolute atomic E-state index is 6.17. The molecule has 2 unspecified atom stereocenters. The topological polar surface area (TPSA) is 43.8 Å². The minimum atomic E-state index is 0.136. The van der Waals surface area contributed by atoms with Crippen molar-refractivity contribution in [3.05, 3.63) is 18.2 Å². The van der Waals surface area contributed by atoms with Crippen LogP contribution in [0.15, 0.2) is 12.5 Å². The van der Waals surface area contributed by atoms with Gasteiger partial charge in [0.25, 0.3) is 0 Å². The molecule has 3 atom stereocenters. The highest BCUT2D eigenvalue weighted by Crippen LogP contribution is 2.37. The predicted molar refractivity (Wildman–Crippen MR) is 70.7 cm³/mol. The average Bonchev–Trinajstić information content (AvgIpc) is 2.86. The zero-order chi connectivity index (χ0) is 12.3. The van der Waals surface area contributed by atoms with E-state index >= 15 is 0 Å². The van der Waals surface area contributed by atoms with Crippen LogP contribution in [-0.2, 0) is 0 Å². The lowest BCUT2D eigenvalue weighted by atomic mass is 9.82. The molecule has 1 fully saturated rings. The molecular weight excluding hydrogens is 210 g/mol. The molecule has 0 bridgehead atoms. The smallest absolute Gasteiger partial charge is 0.0951 e. The first-order valence-corrected chi connectivity index (χ1v) is 7.05. The minimum Gasteiger partial charge on any atom is -0.330 e. The summed E-state index contributed by atoms with van der Waals surface area (Å²) >= 11 is 0. The van der Waals surface area contributed by atoms with Gasteiger partial charge in [-0.2, -0.15) is 0 Å². The number of aromatic nitrogens is 2. The third-order valence-electron chi connectivity index (χ3n) is 4.27. The average molecular weight is 235 g/mol. The summed E-state index contributed by atoms with van der Waals surface area (Å²) in [4.78, 5) is 4.32. The molecule has 2 rings (SSSR count). The fourth-order valence-corrected chi connectivity index (χ4v) is 3.12. The molecule has 3 heteroatoms. The Labute approximate surface area is 104 Å². The zero-order valence-electron chi connectivity index (χ0n) is 11.1. The van der Waals surface area contributed by atoms with Gasteiger partial charge in [0.1, 0.15) is 0 Å². The molecule has 0 saturated heterocycles. The summed E-state index contributed by atoms with van der Waals surface area (Å²) in [5.41, 5.74) is 7.39. The largest absolute Gasteiger partial charge is 0.330 e. The van der Waals surface area contributed by atoms with Gasteiger partial charge in [0.05, 0.1) is 12.0 Å². The number of imidazole rings is 1. The first-order valence-electron chi connectivity index (χ1n) is 7.05. The highest BCUT2D eigenvalue weighted by molar-refractivity contribution is 5.06. The summed E-state index contributed by atoms with van der Waals surface area (Å²) in [5.74, 6) is 0.806. The van der Waals surface area contributed by atoms with Crippen LogP contribution < -0.4 is 5.73 Å². The molecule has 1 aliphatic carbocycles. The molecule has 0 aliphatic heterocycles. The summed E-state index contributed by atoms with van der Waals surface area (Å²) < 4.78 is 2.36. The van der Waals surface area contributed by atoms with Gasteiger partial charge in [-0.15, -0.1) is 0 Å². The quantitative estimate of drug-likeness (QED) is 0.868. The molecule has 17 heavy (non-hydrogen) atoms. The van der Waals surface area contributed by atoms with E-state index in [1.807, 2.05) is 12.5 Å². The van der Waals surface area contributed by atoms with Gasteiger partial charge in [-0.05, 0) is 25.2 Å². The van der Waals surface area contributed by atoms with Crippen molar-refractivity contribution in [2.75, 3.05) is 0 Å². The van der Waals surface area contributed by atoms with E-state index in [2.05, 4.69) is 23.4 Å². The first kappa shape index (κ1) is 12.6. The SMILES string of the molecule is CCC1CCCCC1n1cncc1[C@H](N)CC. The van der Waals surface area contributed by atoms with Crippen LogP contribution in [0.2, 0.25) is 0 Å². The van der Waals surface area contributed by atoms with Gasteiger partial charge in [-0.25, -0.2) is 4.98 Å². The number of nitrogens with two attached hydrogens (primary N) is 1. The Hall–Kier alpha value is -0.830. The van der Waals surface area contributed by atoms with Crippen molar-refractivity contribution in [3.63, 3.8) is 0 Å². The van der Waals surface area contributed by atoms with Crippen molar-refractivity contribution in [2.45, 2.75) is 64.5 Å². The second-order valence-corrected chi connectivity index (χ2v) is 5.26. The fourth-order valence-electron chi connectivity index (χ4n) is 3.12. The molecule has 1 aromatic rings. The van der Waals surface area contributed by atoms with Crippen molar-refractivity contribution in [3.8, 4) is 0 Å². The Morgan fingerprint density at radius 3 is 2.88 bits per heavy atom. The van der Waals surface area contributed by atoms with E-state index in [0.717, 1.165) is 12.3 Å². The number of nitrogens with zero attached hydrogens (tertiary/aromatic N) is 2. The summed E-state index contributed by atoms with van der Waals surface area (Å²) in [6, 6.07) is 0.765. The molecule has 1 saturated carbocycles. The molecule has 0 spiro atoms. The molecule has 0 aromatic carbocycles. The standard InChI is InChI=1S/C14H25N3/c1-3-11-7-5-6-8-13(11)17-10-16-9-14(17)12(15)4-2/h9-13H,3-8,15H2,1-2H3/t11?,12-,13?/m1/s1. The molecule has 1 aromatic heterocycles.